The van der Waals surface area contributed by atoms with Gasteiger partial charge in [0.05, 0.1) is 12.2 Å². The molecule has 0 radical (unpaired) electrons. The van der Waals surface area contributed by atoms with Crippen LogP contribution in [-0.2, 0) is 9.53 Å². The van der Waals surface area contributed by atoms with Gasteiger partial charge < -0.3 is 14.6 Å². The summed E-state index contributed by atoms with van der Waals surface area (Å²) in [5, 5.41) is 9.86. The van der Waals surface area contributed by atoms with Crippen LogP contribution in [0, 0.1) is 18.8 Å². The summed E-state index contributed by atoms with van der Waals surface area (Å²) >= 11 is 9.92. The molecule has 0 aromatic heterocycles. The second-order valence-electron chi connectivity index (χ2n) is 8.94. The zero-order chi connectivity index (χ0) is 23.6. The number of carboxylic acids is 1. The first-order valence-electron chi connectivity index (χ1n) is 10.8. The molecule has 1 aliphatic rings. The van der Waals surface area contributed by atoms with E-state index in [0.29, 0.717) is 10.8 Å². The van der Waals surface area contributed by atoms with Crippen LogP contribution in [0.1, 0.15) is 55.9 Å². The molecule has 2 aromatic carbocycles. The Labute approximate surface area is 203 Å². The van der Waals surface area contributed by atoms with Crippen LogP contribution in [-0.4, -0.2) is 23.8 Å². The number of halogens is 2. The smallest absolute Gasteiger partial charge is 0.341 e. The predicted molar refractivity (Wildman–Crippen MR) is 132 cm³/mol. The highest BCUT2D eigenvalue weighted by Gasteiger charge is 2.42. The third-order valence-electron chi connectivity index (χ3n) is 6.09. The Balaban J connectivity index is 2.06. The van der Waals surface area contributed by atoms with Crippen molar-refractivity contribution in [2.45, 2.75) is 52.2 Å². The Morgan fingerprint density at radius 2 is 2.06 bits per heavy atom. The van der Waals surface area contributed by atoms with Crippen LogP contribution in [0.15, 0.2) is 53.0 Å². The largest absolute Gasteiger partial charge is 0.482 e. The number of carbonyl (C=O) groups is 1. The first kappa shape index (κ1) is 24.8. The van der Waals surface area contributed by atoms with Crippen molar-refractivity contribution < 1.29 is 19.4 Å². The van der Waals surface area contributed by atoms with E-state index in [1.54, 1.807) is 0 Å². The van der Waals surface area contributed by atoms with E-state index in [4.69, 9.17) is 26.2 Å². The second-order valence-corrected chi connectivity index (χ2v) is 10.2. The SMILES string of the molecule is C=C(C)[C@H]1C[C@H](c2cccc(Cl)c2)[C@@H](C(C)C)O[C@@H]1c1cc(Br)c(C)cc1OCC(=O)O. The van der Waals surface area contributed by atoms with Gasteiger partial charge in [-0.15, -0.1) is 0 Å². The Bertz CT molecular complexity index is 1000. The van der Waals surface area contributed by atoms with Crippen LogP contribution in [0.25, 0.3) is 0 Å². The van der Waals surface area contributed by atoms with Gasteiger partial charge in [0.1, 0.15) is 5.75 Å². The first-order valence-corrected chi connectivity index (χ1v) is 12.0. The van der Waals surface area contributed by atoms with E-state index in [2.05, 4.69) is 42.4 Å². The van der Waals surface area contributed by atoms with Gasteiger partial charge in [-0.05, 0) is 61.6 Å². The minimum Gasteiger partial charge on any atom is -0.482 e. The van der Waals surface area contributed by atoms with Gasteiger partial charge in [-0.1, -0.05) is 65.7 Å². The van der Waals surface area contributed by atoms with Crippen molar-refractivity contribution in [2.24, 2.45) is 11.8 Å². The molecule has 1 N–H and O–H groups in total. The highest BCUT2D eigenvalue weighted by Crippen LogP contribution is 2.50. The molecule has 0 saturated carbocycles. The number of carboxylic acid groups (broad SMARTS) is 1. The molecule has 1 saturated heterocycles. The van der Waals surface area contributed by atoms with Crippen LogP contribution in [0.2, 0.25) is 5.02 Å². The van der Waals surface area contributed by atoms with Crippen molar-refractivity contribution >= 4 is 33.5 Å². The highest BCUT2D eigenvalue weighted by molar-refractivity contribution is 9.10. The zero-order valence-electron chi connectivity index (χ0n) is 18.9. The van der Waals surface area contributed by atoms with Gasteiger partial charge in [0.2, 0.25) is 0 Å². The Hall–Kier alpha value is -1.82. The van der Waals surface area contributed by atoms with Crippen molar-refractivity contribution in [1.82, 2.24) is 0 Å². The topological polar surface area (TPSA) is 55.8 Å². The molecule has 172 valence electrons. The number of ether oxygens (including phenoxy) is 2. The molecule has 1 heterocycles. The standard InChI is InChI=1S/C26H30BrClO4/c1-14(2)19-11-20(17-7-6-8-18(28)10-17)25(15(3)4)32-26(19)21-12-22(27)16(5)9-23(21)31-13-24(29)30/h6-10,12,15,19-20,25-26H,1,11,13H2,2-5H3,(H,29,30)/t19-,20-,25-,26+/m1/s1. The molecule has 4 nitrogen and oxygen atoms in total. The van der Waals surface area contributed by atoms with Gasteiger partial charge >= 0.3 is 5.97 Å². The summed E-state index contributed by atoms with van der Waals surface area (Å²) in [6.07, 6.45) is 0.519. The molecule has 4 atom stereocenters. The maximum Gasteiger partial charge on any atom is 0.341 e. The normalized spacial score (nSPS) is 23.2. The number of hydrogen-bond donors (Lipinski definition) is 1. The fourth-order valence-electron chi connectivity index (χ4n) is 4.48. The van der Waals surface area contributed by atoms with Crippen molar-refractivity contribution in [3.8, 4) is 5.75 Å². The lowest BCUT2D eigenvalue weighted by molar-refractivity contribution is -0.139. The van der Waals surface area contributed by atoms with E-state index in [1.807, 2.05) is 44.2 Å². The van der Waals surface area contributed by atoms with Gasteiger partial charge in [-0.25, -0.2) is 4.79 Å². The van der Waals surface area contributed by atoms with Gasteiger partial charge in [0.25, 0.3) is 0 Å². The van der Waals surface area contributed by atoms with E-state index in [-0.39, 0.29) is 30.0 Å². The molecular formula is C26H30BrClO4. The first-order chi connectivity index (χ1) is 15.1. The minimum absolute atomic E-state index is 0.0377. The molecule has 0 spiro atoms. The van der Waals surface area contributed by atoms with E-state index in [1.165, 1.54) is 0 Å². The summed E-state index contributed by atoms with van der Waals surface area (Å²) < 4.78 is 13.4. The second kappa shape index (κ2) is 10.4. The van der Waals surface area contributed by atoms with Crippen LogP contribution in [0.3, 0.4) is 0 Å². The summed E-state index contributed by atoms with van der Waals surface area (Å²) in [6.45, 7) is 12.1. The summed E-state index contributed by atoms with van der Waals surface area (Å²) in [6, 6.07) is 11.8. The van der Waals surface area contributed by atoms with E-state index in [9.17, 15) is 4.79 Å². The van der Waals surface area contributed by atoms with Crippen LogP contribution in [0.5, 0.6) is 5.75 Å². The number of aryl methyl sites for hydroxylation is 1. The lowest BCUT2D eigenvalue weighted by atomic mass is 9.73. The van der Waals surface area contributed by atoms with Crippen molar-refractivity contribution in [1.29, 1.82) is 0 Å². The average molecular weight is 522 g/mol. The fourth-order valence-corrected chi connectivity index (χ4v) is 5.04. The highest BCUT2D eigenvalue weighted by atomic mass is 79.9. The Kier molecular flexibility index (Phi) is 8.07. The van der Waals surface area contributed by atoms with Crippen molar-refractivity contribution in [3.63, 3.8) is 0 Å². The molecule has 0 amide bonds. The van der Waals surface area contributed by atoms with Crippen LogP contribution < -0.4 is 4.74 Å². The van der Waals surface area contributed by atoms with E-state index >= 15 is 0 Å². The maximum atomic E-state index is 11.2. The molecule has 0 bridgehead atoms. The molecule has 0 aliphatic carbocycles. The maximum absolute atomic E-state index is 11.2. The minimum atomic E-state index is -1.02. The van der Waals surface area contributed by atoms with E-state index < -0.39 is 12.6 Å². The third-order valence-corrected chi connectivity index (χ3v) is 7.18. The number of hydrogen-bond acceptors (Lipinski definition) is 3. The van der Waals surface area contributed by atoms with Crippen molar-refractivity contribution in [3.05, 3.63) is 74.7 Å². The quantitative estimate of drug-likeness (QED) is 0.387. The summed E-state index contributed by atoms with van der Waals surface area (Å²) in [5.74, 6) is -0.00352. The molecule has 6 heteroatoms. The number of rotatable bonds is 7. The molecule has 0 unspecified atom stereocenters. The lowest BCUT2D eigenvalue weighted by Crippen LogP contribution is -2.39. The molecule has 1 aliphatic heterocycles. The molecule has 1 fully saturated rings. The Morgan fingerprint density at radius 1 is 1.34 bits per heavy atom. The van der Waals surface area contributed by atoms with Gasteiger partial charge in [-0.2, -0.15) is 0 Å². The summed E-state index contributed by atoms with van der Waals surface area (Å²) in [7, 11) is 0. The zero-order valence-corrected chi connectivity index (χ0v) is 21.2. The van der Waals surface area contributed by atoms with Gasteiger partial charge in [0.15, 0.2) is 6.61 Å². The van der Waals surface area contributed by atoms with Crippen molar-refractivity contribution in [2.75, 3.05) is 6.61 Å². The van der Waals surface area contributed by atoms with E-state index in [0.717, 1.165) is 33.2 Å². The fraction of sp³-hybridized carbons (Fsp3) is 0.423. The molecule has 32 heavy (non-hydrogen) atoms. The number of benzene rings is 2. The summed E-state index contributed by atoms with van der Waals surface area (Å²) in [5.41, 5.74) is 3.99. The van der Waals surface area contributed by atoms with Crippen LogP contribution in [0.4, 0.5) is 0 Å². The molecule has 2 aromatic rings. The predicted octanol–water partition coefficient (Wildman–Crippen LogP) is 7.34. The lowest BCUT2D eigenvalue weighted by Gasteiger charge is -2.44. The summed E-state index contributed by atoms with van der Waals surface area (Å²) in [4.78, 5) is 11.2. The van der Waals surface area contributed by atoms with Crippen LogP contribution >= 0.6 is 27.5 Å². The Morgan fingerprint density at radius 3 is 2.66 bits per heavy atom. The van der Waals surface area contributed by atoms with Gasteiger partial charge in [-0.3, -0.25) is 0 Å². The monoisotopic (exact) mass is 520 g/mol. The third kappa shape index (κ3) is 5.56. The molecule has 3 rings (SSSR count). The van der Waals surface area contributed by atoms with Gasteiger partial charge in [0, 0.05) is 26.9 Å². The average Bonchev–Trinajstić information content (AvgIpc) is 2.73. The number of aliphatic carboxylic acids is 1. The molecular weight excluding hydrogens is 492 g/mol.